The van der Waals surface area contributed by atoms with Crippen LogP contribution in [0.3, 0.4) is 0 Å². The molecule has 0 radical (unpaired) electrons. The first-order chi connectivity index (χ1) is 14.1. The number of nitrogens with zero attached hydrogens (tertiary/aromatic N) is 4. The maximum absolute atomic E-state index is 12.4. The molecular formula is C20H21ClN6O3. The molecule has 0 aliphatic carbocycles. The Morgan fingerprint density at radius 2 is 2.00 bits per heavy atom. The van der Waals surface area contributed by atoms with Crippen LogP contribution >= 0.6 is 12.4 Å². The molecule has 4 rings (SSSR count). The zero-order chi connectivity index (χ0) is 20.2. The van der Waals surface area contributed by atoms with Gasteiger partial charge in [0.15, 0.2) is 11.6 Å². The lowest BCUT2D eigenvalue weighted by atomic mass is 10.2. The van der Waals surface area contributed by atoms with Gasteiger partial charge in [-0.05, 0) is 19.1 Å². The van der Waals surface area contributed by atoms with Crippen LogP contribution in [-0.2, 0) is 17.9 Å². The molecule has 1 aromatic carbocycles. The smallest absolute Gasteiger partial charge is 0.242 e. The molecular weight excluding hydrogens is 408 g/mol. The first-order valence-electron chi connectivity index (χ1n) is 9.12. The van der Waals surface area contributed by atoms with Gasteiger partial charge in [-0.3, -0.25) is 4.79 Å². The van der Waals surface area contributed by atoms with Gasteiger partial charge in [0.05, 0.1) is 18.8 Å². The standard InChI is InChI=1S/C20H20N6O3.ClH/c1-13(21)20-23-19(14-6-3-2-4-7-14)24-26(20)12-18(27)22-11-15-10-17(29-25-15)16-8-5-9-28-16;/h2-10,13H,11-12,21H2,1H3,(H,22,27);1H/t13-;/m0./s1. The van der Waals surface area contributed by atoms with Crippen LogP contribution < -0.4 is 11.1 Å². The van der Waals surface area contributed by atoms with E-state index in [1.54, 1.807) is 31.4 Å². The summed E-state index contributed by atoms with van der Waals surface area (Å²) in [6, 6.07) is 14.4. The first-order valence-corrected chi connectivity index (χ1v) is 9.12. The minimum absolute atomic E-state index is 0. The largest absolute Gasteiger partial charge is 0.461 e. The lowest BCUT2D eigenvalue weighted by Crippen LogP contribution is -2.29. The second-order valence-corrected chi connectivity index (χ2v) is 6.54. The summed E-state index contributed by atoms with van der Waals surface area (Å²) < 4.78 is 12.0. The normalized spacial score (nSPS) is 11.7. The van der Waals surface area contributed by atoms with Gasteiger partial charge in [0.1, 0.15) is 18.1 Å². The van der Waals surface area contributed by atoms with E-state index in [0.29, 0.717) is 28.9 Å². The minimum Gasteiger partial charge on any atom is -0.461 e. The van der Waals surface area contributed by atoms with Crippen LogP contribution in [0.2, 0.25) is 0 Å². The van der Waals surface area contributed by atoms with Crippen molar-refractivity contribution in [1.82, 2.24) is 25.2 Å². The molecule has 0 fully saturated rings. The lowest BCUT2D eigenvalue weighted by Gasteiger charge is -2.08. The average Bonchev–Trinajstić information content (AvgIpc) is 3.47. The van der Waals surface area contributed by atoms with E-state index >= 15 is 0 Å². The van der Waals surface area contributed by atoms with Crippen LogP contribution in [0.1, 0.15) is 24.5 Å². The van der Waals surface area contributed by atoms with Gasteiger partial charge in [-0.15, -0.1) is 12.4 Å². The zero-order valence-electron chi connectivity index (χ0n) is 16.2. The molecule has 0 bridgehead atoms. The van der Waals surface area contributed by atoms with Crippen LogP contribution in [0.15, 0.2) is 63.7 Å². The number of halogens is 1. The monoisotopic (exact) mass is 428 g/mol. The maximum atomic E-state index is 12.4. The fraction of sp³-hybridized carbons (Fsp3) is 0.200. The molecule has 30 heavy (non-hydrogen) atoms. The molecule has 0 aliphatic heterocycles. The number of rotatable bonds is 7. The van der Waals surface area contributed by atoms with Crippen LogP contribution in [0.5, 0.6) is 0 Å². The fourth-order valence-electron chi connectivity index (χ4n) is 2.83. The van der Waals surface area contributed by atoms with Crippen LogP contribution in [-0.4, -0.2) is 25.8 Å². The van der Waals surface area contributed by atoms with Crippen molar-refractivity contribution in [2.45, 2.75) is 26.1 Å². The molecule has 9 nitrogen and oxygen atoms in total. The molecule has 4 aromatic rings. The molecule has 0 saturated carbocycles. The van der Waals surface area contributed by atoms with Crippen molar-refractivity contribution in [3.8, 4) is 22.9 Å². The van der Waals surface area contributed by atoms with Gasteiger partial charge in [-0.2, -0.15) is 5.10 Å². The van der Waals surface area contributed by atoms with Gasteiger partial charge in [-0.25, -0.2) is 9.67 Å². The molecule has 3 heterocycles. The summed E-state index contributed by atoms with van der Waals surface area (Å²) in [6.07, 6.45) is 1.55. The molecule has 3 N–H and O–H groups in total. The van der Waals surface area contributed by atoms with Crippen molar-refractivity contribution in [3.05, 3.63) is 66.3 Å². The summed E-state index contributed by atoms with van der Waals surface area (Å²) in [6.45, 7) is 2.02. The number of aromatic nitrogens is 4. The summed E-state index contributed by atoms with van der Waals surface area (Å²) in [5.41, 5.74) is 7.46. The summed E-state index contributed by atoms with van der Waals surface area (Å²) in [5.74, 6) is 1.92. The summed E-state index contributed by atoms with van der Waals surface area (Å²) in [7, 11) is 0. The van der Waals surface area contributed by atoms with Crippen LogP contribution in [0.4, 0.5) is 0 Å². The second kappa shape index (κ2) is 9.38. The highest BCUT2D eigenvalue weighted by Gasteiger charge is 2.17. The third-order valence-electron chi connectivity index (χ3n) is 4.22. The van der Waals surface area contributed by atoms with Crippen molar-refractivity contribution < 1.29 is 13.7 Å². The van der Waals surface area contributed by atoms with E-state index in [-0.39, 0.29) is 37.4 Å². The number of nitrogens with one attached hydrogen (secondary N) is 1. The molecule has 1 atom stereocenters. The van der Waals surface area contributed by atoms with Crippen LogP contribution in [0, 0.1) is 0 Å². The number of hydrogen-bond acceptors (Lipinski definition) is 7. The predicted molar refractivity (Wildman–Crippen MR) is 111 cm³/mol. The number of furan rings is 1. The fourth-order valence-corrected chi connectivity index (χ4v) is 2.83. The number of hydrogen-bond donors (Lipinski definition) is 2. The molecule has 156 valence electrons. The molecule has 0 spiro atoms. The van der Waals surface area contributed by atoms with Crippen molar-refractivity contribution in [1.29, 1.82) is 0 Å². The van der Waals surface area contributed by atoms with E-state index in [1.807, 2.05) is 30.3 Å². The SMILES string of the molecule is C[C@H](N)c1nc(-c2ccccc2)nn1CC(=O)NCc1cc(-c2ccco2)on1.Cl. The van der Waals surface area contributed by atoms with E-state index in [2.05, 4.69) is 20.6 Å². The van der Waals surface area contributed by atoms with Crippen molar-refractivity contribution in [2.24, 2.45) is 5.73 Å². The third kappa shape index (κ3) is 4.76. The Labute approximate surface area is 178 Å². The minimum atomic E-state index is -0.362. The van der Waals surface area contributed by atoms with Crippen molar-refractivity contribution in [3.63, 3.8) is 0 Å². The Bertz CT molecular complexity index is 1090. The quantitative estimate of drug-likeness (QED) is 0.463. The number of amides is 1. The van der Waals surface area contributed by atoms with Gasteiger partial charge in [0.25, 0.3) is 0 Å². The molecule has 10 heteroatoms. The maximum Gasteiger partial charge on any atom is 0.242 e. The van der Waals surface area contributed by atoms with Gasteiger partial charge in [0, 0.05) is 11.6 Å². The number of carbonyl (C=O) groups is 1. The van der Waals surface area contributed by atoms with Crippen molar-refractivity contribution >= 4 is 18.3 Å². The number of benzene rings is 1. The second-order valence-electron chi connectivity index (χ2n) is 6.54. The van der Waals surface area contributed by atoms with Gasteiger partial charge < -0.3 is 20.0 Å². The molecule has 0 saturated heterocycles. The summed E-state index contributed by atoms with van der Waals surface area (Å²) >= 11 is 0. The lowest BCUT2D eigenvalue weighted by molar-refractivity contribution is -0.122. The van der Waals surface area contributed by atoms with Gasteiger partial charge in [-0.1, -0.05) is 35.5 Å². The molecule has 1 amide bonds. The van der Waals surface area contributed by atoms with Crippen molar-refractivity contribution in [2.75, 3.05) is 0 Å². The Morgan fingerprint density at radius 3 is 2.70 bits per heavy atom. The molecule has 0 aliphatic rings. The molecule has 0 unspecified atom stereocenters. The zero-order valence-corrected chi connectivity index (χ0v) is 17.0. The topological polar surface area (TPSA) is 125 Å². The predicted octanol–water partition coefficient (Wildman–Crippen LogP) is 2.95. The van der Waals surface area contributed by atoms with Gasteiger partial charge >= 0.3 is 0 Å². The third-order valence-corrected chi connectivity index (χ3v) is 4.22. The Kier molecular flexibility index (Phi) is 6.65. The number of nitrogens with two attached hydrogens (primary N) is 1. The van der Waals surface area contributed by atoms with E-state index in [9.17, 15) is 4.79 Å². The Morgan fingerprint density at radius 1 is 1.20 bits per heavy atom. The summed E-state index contributed by atoms with van der Waals surface area (Å²) in [4.78, 5) is 16.9. The molecule has 3 aromatic heterocycles. The Balaban J connectivity index is 0.00000256. The van der Waals surface area contributed by atoms with E-state index < -0.39 is 0 Å². The Hall–Kier alpha value is -3.43. The van der Waals surface area contributed by atoms with E-state index in [0.717, 1.165) is 5.56 Å². The number of carbonyl (C=O) groups excluding carboxylic acids is 1. The van der Waals surface area contributed by atoms with Crippen LogP contribution in [0.25, 0.3) is 22.9 Å². The average molecular weight is 429 g/mol. The summed E-state index contributed by atoms with van der Waals surface area (Å²) in [5, 5.41) is 11.2. The first kappa shape index (κ1) is 21.3. The highest BCUT2D eigenvalue weighted by molar-refractivity contribution is 5.85. The van der Waals surface area contributed by atoms with E-state index in [1.165, 1.54) is 4.68 Å². The highest BCUT2D eigenvalue weighted by atomic mass is 35.5. The van der Waals surface area contributed by atoms with Gasteiger partial charge in [0.2, 0.25) is 11.7 Å². The van der Waals surface area contributed by atoms with E-state index in [4.69, 9.17) is 14.7 Å². The highest BCUT2D eigenvalue weighted by Crippen LogP contribution is 2.20.